The first-order chi connectivity index (χ1) is 18.0. The van der Waals surface area contributed by atoms with E-state index in [0.717, 1.165) is 80.4 Å². The lowest BCUT2D eigenvalue weighted by atomic mass is 10.0. The Morgan fingerprint density at radius 1 is 1.05 bits per heavy atom. The highest BCUT2D eigenvalue weighted by atomic mass is 16.5. The van der Waals surface area contributed by atoms with Crippen LogP contribution in [0.25, 0.3) is 11.0 Å². The Balaban J connectivity index is 1.03. The molecule has 5 rings (SSSR count). The monoisotopic (exact) mass is 503 g/mol. The van der Waals surface area contributed by atoms with Gasteiger partial charge in [-0.25, -0.2) is 4.79 Å². The van der Waals surface area contributed by atoms with Gasteiger partial charge in [-0.1, -0.05) is 0 Å². The topological polar surface area (TPSA) is 101 Å². The van der Waals surface area contributed by atoms with Gasteiger partial charge in [-0.2, -0.15) is 0 Å². The zero-order valence-electron chi connectivity index (χ0n) is 21.2. The number of piperidine rings is 1. The molecule has 0 saturated carbocycles. The van der Waals surface area contributed by atoms with Crippen molar-refractivity contribution in [2.75, 3.05) is 31.6 Å². The normalized spacial score (nSPS) is 15.9. The summed E-state index contributed by atoms with van der Waals surface area (Å²) >= 11 is 0. The maximum Gasteiger partial charge on any atom is 0.339 e. The first-order valence-corrected chi connectivity index (χ1v) is 13.1. The van der Waals surface area contributed by atoms with Gasteiger partial charge in [-0.3, -0.25) is 9.59 Å². The zero-order chi connectivity index (χ0) is 25.8. The van der Waals surface area contributed by atoms with Gasteiger partial charge in [0.2, 0.25) is 5.91 Å². The van der Waals surface area contributed by atoms with Gasteiger partial charge < -0.3 is 24.7 Å². The molecule has 8 nitrogen and oxygen atoms in total. The van der Waals surface area contributed by atoms with Crippen molar-refractivity contribution < 1.29 is 18.7 Å². The Morgan fingerprint density at radius 2 is 1.81 bits per heavy atom. The lowest BCUT2D eigenvalue weighted by Gasteiger charge is -2.32. The van der Waals surface area contributed by atoms with Gasteiger partial charge in [0.25, 0.3) is 5.91 Å². The highest BCUT2D eigenvalue weighted by molar-refractivity contribution is 5.95. The number of benzene rings is 2. The van der Waals surface area contributed by atoms with Gasteiger partial charge in [0.05, 0.1) is 6.61 Å². The van der Waals surface area contributed by atoms with E-state index < -0.39 is 0 Å². The number of ether oxygens (including phenoxy) is 1. The lowest BCUT2D eigenvalue weighted by molar-refractivity contribution is -0.114. The third kappa shape index (κ3) is 6.02. The Kier molecular flexibility index (Phi) is 7.55. The summed E-state index contributed by atoms with van der Waals surface area (Å²) in [5, 5.41) is 6.86. The van der Waals surface area contributed by atoms with Crippen LogP contribution in [0.1, 0.15) is 54.1 Å². The molecule has 2 aliphatic rings. The van der Waals surface area contributed by atoms with Crippen molar-refractivity contribution in [2.24, 2.45) is 0 Å². The van der Waals surface area contributed by atoms with Crippen LogP contribution in [0.5, 0.6) is 5.75 Å². The van der Waals surface area contributed by atoms with E-state index in [1.54, 1.807) is 24.3 Å². The number of carbonyl (C=O) groups excluding carboxylic acids is 2. The van der Waals surface area contributed by atoms with E-state index in [0.29, 0.717) is 23.4 Å². The molecule has 1 saturated heterocycles. The molecular weight excluding hydrogens is 470 g/mol. The predicted octanol–water partition coefficient (Wildman–Crippen LogP) is 3.90. The SMILES string of the molecule is CC(=O)Nc1ccc(C(=O)NC2CCN(CCCOc3ccc4c5c(c(=O)oc4c3)CCC5)CC2)cc1. The number of likely N-dealkylation sites (tertiary alicyclic amines) is 1. The van der Waals surface area contributed by atoms with Gasteiger partial charge in [-0.15, -0.1) is 0 Å². The number of nitrogens with zero attached hydrogens (tertiary/aromatic N) is 1. The van der Waals surface area contributed by atoms with Crippen LogP contribution in [-0.4, -0.2) is 49.0 Å². The largest absolute Gasteiger partial charge is 0.493 e. The summed E-state index contributed by atoms with van der Waals surface area (Å²) in [7, 11) is 0. The standard InChI is InChI=1S/C29H33N3O5/c1-19(33)30-21-8-6-20(7-9-21)28(34)31-22-12-15-32(16-13-22)14-3-17-36-23-10-11-25-24-4-2-5-26(24)29(35)37-27(25)18-23/h6-11,18,22H,2-5,12-17H2,1H3,(H,30,33)(H,31,34). The smallest absolute Gasteiger partial charge is 0.339 e. The summed E-state index contributed by atoms with van der Waals surface area (Å²) in [4.78, 5) is 38.3. The minimum Gasteiger partial charge on any atom is -0.493 e. The number of fused-ring (bicyclic) bond motifs is 3. The van der Waals surface area contributed by atoms with Crippen molar-refractivity contribution in [3.05, 3.63) is 69.6 Å². The molecule has 2 amide bonds. The molecular formula is C29H33N3O5. The Morgan fingerprint density at radius 3 is 2.57 bits per heavy atom. The van der Waals surface area contributed by atoms with Crippen LogP contribution in [0, 0.1) is 0 Å². The van der Waals surface area contributed by atoms with Crippen molar-refractivity contribution in [2.45, 2.75) is 51.5 Å². The molecule has 3 aromatic rings. The number of rotatable bonds is 8. The Bertz CT molecular complexity index is 1340. The number of amides is 2. The molecule has 1 fully saturated rings. The summed E-state index contributed by atoms with van der Waals surface area (Å²) in [5.74, 6) is 0.499. The third-order valence-electron chi connectivity index (χ3n) is 7.22. The summed E-state index contributed by atoms with van der Waals surface area (Å²) in [5.41, 5.74) is 3.63. The lowest BCUT2D eigenvalue weighted by Crippen LogP contribution is -2.45. The highest BCUT2D eigenvalue weighted by Gasteiger charge is 2.22. The molecule has 0 radical (unpaired) electrons. The number of nitrogens with one attached hydrogen (secondary N) is 2. The second-order valence-electron chi connectivity index (χ2n) is 9.91. The van der Waals surface area contributed by atoms with E-state index in [1.165, 1.54) is 6.92 Å². The van der Waals surface area contributed by atoms with Crippen molar-refractivity contribution in [3.63, 3.8) is 0 Å². The van der Waals surface area contributed by atoms with Crippen LogP contribution in [0.15, 0.2) is 51.7 Å². The van der Waals surface area contributed by atoms with Crippen LogP contribution < -0.4 is 21.0 Å². The second-order valence-corrected chi connectivity index (χ2v) is 9.91. The van der Waals surface area contributed by atoms with Crippen molar-refractivity contribution in [1.29, 1.82) is 0 Å². The first-order valence-electron chi connectivity index (χ1n) is 13.1. The van der Waals surface area contributed by atoms with Crippen LogP contribution in [-0.2, 0) is 17.6 Å². The number of hydrogen-bond donors (Lipinski definition) is 2. The molecule has 0 spiro atoms. The minimum atomic E-state index is -0.211. The van der Waals surface area contributed by atoms with E-state index in [2.05, 4.69) is 15.5 Å². The minimum absolute atomic E-state index is 0.0857. The molecule has 2 N–H and O–H groups in total. The van der Waals surface area contributed by atoms with Crippen molar-refractivity contribution in [3.8, 4) is 5.75 Å². The quantitative estimate of drug-likeness (QED) is 0.357. The maximum atomic E-state index is 12.6. The van der Waals surface area contributed by atoms with Crippen LogP contribution in [0.2, 0.25) is 0 Å². The van der Waals surface area contributed by atoms with E-state index in [9.17, 15) is 14.4 Å². The fourth-order valence-electron chi connectivity index (χ4n) is 5.31. The fraction of sp³-hybridized carbons (Fsp3) is 0.414. The average Bonchev–Trinajstić information content (AvgIpc) is 3.39. The van der Waals surface area contributed by atoms with Gasteiger partial charge >= 0.3 is 5.63 Å². The van der Waals surface area contributed by atoms with E-state index >= 15 is 0 Å². The van der Waals surface area contributed by atoms with E-state index in [-0.39, 0.29) is 23.5 Å². The van der Waals surface area contributed by atoms with Crippen LogP contribution in [0.3, 0.4) is 0 Å². The predicted molar refractivity (Wildman–Crippen MR) is 142 cm³/mol. The van der Waals surface area contributed by atoms with Crippen LogP contribution in [0.4, 0.5) is 5.69 Å². The number of carbonyl (C=O) groups is 2. The van der Waals surface area contributed by atoms with Gasteiger partial charge in [0.1, 0.15) is 11.3 Å². The first kappa shape index (κ1) is 25.0. The molecule has 1 aliphatic heterocycles. The maximum absolute atomic E-state index is 12.6. The molecule has 2 aromatic carbocycles. The molecule has 0 bridgehead atoms. The van der Waals surface area contributed by atoms with Gasteiger partial charge in [0.15, 0.2) is 0 Å². The highest BCUT2D eigenvalue weighted by Crippen LogP contribution is 2.29. The molecule has 2 heterocycles. The molecule has 1 aromatic heterocycles. The van der Waals surface area contributed by atoms with E-state index in [4.69, 9.17) is 9.15 Å². The molecule has 1 aliphatic carbocycles. The second kappa shape index (κ2) is 11.2. The molecule has 194 valence electrons. The van der Waals surface area contributed by atoms with Gasteiger partial charge in [0, 0.05) is 60.9 Å². The van der Waals surface area contributed by atoms with Crippen molar-refractivity contribution >= 4 is 28.5 Å². The summed E-state index contributed by atoms with van der Waals surface area (Å²) < 4.78 is 11.5. The van der Waals surface area contributed by atoms with Crippen LogP contribution >= 0.6 is 0 Å². The summed E-state index contributed by atoms with van der Waals surface area (Å²) in [6.07, 6.45) is 5.46. The third-order valence-corrected chi connectivity index (χ3v) is 7.22. The molecule has 0 unspecified atom stereocenters. The summed E-state index contributed by atoms with van der Waals surface area (Å²) in [6, 6.07) is 12.9. The Labute approximate surface area is 216 Å². The van der Waals surface area contributed by atoms with Gasteiger partial charge in [-0.05, 0) is 80.5 Å². The molecule has 37 heavy (non-hydrogen) atoms. The average molecular weight is 504 g/mol. The zero-order valence-corrected chi connectivity index (χ0v) is 21.2. The molecule has 0 atom stereocenters. The number of aryl methyl sites for hydroxylation is 1. The van der Waals surface area contributed by atoms with Crippen molar-refractivity contribution in [1.82, 2.24) is 10.2 Å². The summed E-state index contributed by atoms with van der Waals surface area (Å²) in [6.45, 7) is 4.83. The number of hydrogen-bond acceptors (Lipinski definition) is 6. The fourth-order valence-corrected chi connectivity index (χ4v) is 5.31. The van der Waals surface area contributed by atoms with E-state index in [1.807, 2.05) is 18.2 Å². The Hall–Kier alpha value is -3.65. The number of anilines is 1. The molecule has 8 heteroatoms.